The van der Waals surface area contributed by atoms with Gasteiger partial charge in [-0.05, 0) is 30.7 Å². The van der Waals surface area contributed by atoms with Gasteiger partial charge in [0.15, 0.2) is 5.76 Å². The fraction of sp³-hybridized carbons (Fsp3) is 0.118. The minimum absolute atomic E-state index is 0.137. The third-order valence-corrected chi connectivity index (χ3v) is 4.37. The van der Waals surface area contributed by atoms with Crippen molar-refractivity contribution in [2.75, 3.05) is 11.1 Å². The van der Waals surface area contributed by atoms with Gasteiger partial charge in [-0.3, -0.25) is 0 Å². The second-order valence-electron chi connectivity index (χ2n) is 5.51. The highest BCUT2D eigenvalue weighted by Crippen LogP contribution is 2.25. The number of furan rings is 1. The number of nitrogens with one attached hydrogen (secondary N) is 1. The van der Waals surface area contributed by atoms with E-state index in [9.17, 15) is 0 Å². The Hall–Kier alpha value is -3.40. The number of aryl methyl sites for hydroxylation is 1. The summed E-state index contributed by atoms with van der Waals surface area (Å²) in [6.07, 6.45) is 1.54. The summed E-state index contributed by atoms with van der Waals surface area (Å²) < 4.78 is 10.8. The Bertz CT molecular complexity index is 1050. The molecule has 0 unspecified atom stereocenters. The molecule has 136 valence electrons. The third-order valence-electron chi connectivity index (χ3n) is 3.55. The molecule has 3 aromatic heterocycles. The molecule has 0 fully saturated rings. The number of benzene rings is 1. The summed E-state index contributed by atoms with van der Waals surface area (Å²) in [7, 11) is 0. The van der Waals surface area contributed by atoms with Crippen LogP contribution < -0.4 is 11.1 Å². The number of anilines is 3. The van der Waals surface area contributed by atoms with E-state index in [-0.39, 0.29) is 5.95 Å². The van der Waals surface area contributed by atoms with Crippen LogP contribution in [0.2, 0.25) is 0 Å². The molecule has 0 amide bonds. The Morgan fingerprint density at radius 1 is 1.07 bits per heavy atom. The highest BCUT2D eigenvalue weighted by molar-refractivity contribution is 7.98. The van der Waals surface area contributed by atoms with Crippen molar-refractivity contribution in [3.05, 3.63) is 54.0 Å². The van der Waals surface area contributed by atoms with Crippen LogP contribution in [0.4, 0.5) is 17.6 Å². The molecule has 1 aromatic carbocycles. The Labute approximate surface area is 158 Å². The van der Waals surface area contributed by atoms with Crippen molar-refractivity contribution >= 4 is 29.3 Å². The van der Waals surface area contributed by atoms with Crippen molar-refractivity contribution in [1.82, 2.24) is 25.1 Å². The molecule has 0 atom stereocenters. The molecule has 0 spiro atoms. The van der Waals surface area contributed by atoms with Gasteiger partial charge in [-0.2, -0.15) is 15.0 Å². The van der Waals surface area contributed by atoms with Crippen molar-refractivity contribution in [2.45, 2.75) is 17.9 Å². The molecule has 0 aliphatic rings. The minimum Gasteiger partial charge on any atom is -0.459 e. The van der Waals surface area contributed by atoms with E-state index in [1.54, 1.807) is 18.4 Å². The molecule has 0 bridgehead atoms. The van der Waals surface area contributed by atoms with Gasteiger partial charge in [-0.15, -0.1) is 10.2 Å². The number of hydrogen-bond acceptors (Lipinski definition) is 10. The van der Waals surface area contributed by atoms with Crippen molar-refractivity contribution in [3.8, 4) is 11.7 Å². The van der Waals surface area contributed by atoms with Gasteiger partial charge in [0, 0.05) is 5.69 Å². The summed E-state index contributed by atoms with van der Waals surface area (Å²) in [6, 6.07) is 11.3. The molecule has 0 aliphatic carbocycles. The SMILES string of the molecule is Cc1ccccc1Nc1nc(N)nc(CSc2nnc(-c3ccco3)o2)n1. The first kappa shape index (κ1) is 17.0. The maximum absolute atomic E-state index is 5.81. The van der Waals surface area contributed by atoms with E-state index in [0.717, 1.165) is 11.3 Å². The molecular formula is C17H15N7O2S. The van der Waals surface area contributed by atoms with E-state index in [4.69, 9.17) is 14.6 Å². The summed E-state index contributed by atoms with van der Waals surface area (Å²) >= 11 is 1.30. The van der Waals surface area contributed by atoms with Gasteiger partial charge in [-0.1, -0.05) is 30.0 Å². The standard InChI is InChI=1S/C17H15N7O2S/c1-10-5-2-3-6-11(10)19-16-21-13(20-15(18)22-16)9-27-17-24-23-14(26-17)12-7-4-8-25-12/h2-8H,9H2,1H3,(H3,18,19,20,21,22). The molecule has 3 N–H and O–H groups in total. The molecule has 10 heteroatoms. The van der Waals surface area contributed by atoms with Gasteiger partial charge in [0.1, 0.15) is 5.82 Å². The number of nitrogens with zero attached hydrogens (tertiary/aromatic N) is 5. The van der Waals surface area contributed by atoms with Gasteiger partial charge in [0.2, 0.25) is 11.9 Å². The van der Waals surface area contributed by atoms with E-state index >= 15 is 0 Å². The van der Waals surface area contributed by atoms with E-state index in [0.29, 0.717) is 34.4 Å². The highest BCUT2D eigenvalue weighted by Gasteiger charge is 2.13. The van der Waals surface area contributed by atoms with Crippen LogP contribution >= 0.6 is 11.8 Å². The van der Waals surface area contributed by atoms with Crippen molar-refractivity contribution in [3.63, 3.8) is 0 Å². The molecule has 4 aromatic rings. The number of rotatable bonds is 6. The number of thioether (sulfide) groups is 1. The van der Waals surface area contributed by atoms with Crippen LogP contribution in [0.15, 0.2) is 56.7 Å². The minimum atomic E-state index is 0.137. The van der Waals surface area contributed by atoms with Crippen LogP contribution in [0.3, 0.4) is 0 Å². The van der Waals surface area contributed by atoms with E-state index in [1.165, 1.54) is 11.8 Å². The number of nitrogen functional groups attached to an aromatic ring is 1. The van der Waals surface area contributed by atoms with Gasteiger partial charge in [-0.25, -0.2) is 0 Å². The van der Waals surface area contributed by atoms with Crippen LogP contribution in [-0.2, 0) is 5.75 Å². The first-order valence-corrected chi connectivity index (χ1v) is 8.99. The zero-order valence-electron chi connectivity index (χ0n) is 14.3. The molecular weight excluding hydrogens is 366 g/mol. The van der Waals surface area contributed by atoms with E-state index < -0.39 is 0 Å². The molecule has 0 aliphatic heterocycles. The zero-order chi connectivity index (χ0) is 18.6. The normalized spacial score (nSPS) is 10.9. The zero-order valence-corrected chi connectivity index (χ0v) is 15.1. The third kappa shape index (κ3) is 4.06. The predicted molar refractivity (Wildman–Crippen MR) is 100 cm³/mol. The molecule has 0 radical (unpaired) electrons. The van der Waals surface area contributed by atoms with Crippen molar-refractivity contribution in [2.24, 2.45) is 0 Å². The Morgan fingerprint density at radius 3 is 2.78 bits per heavy atom. The average molecular weight is 381 g/mol. The second-order valence-corrected chi connectivity index (χ2v) is 6.44. The van der Waals surface area contributed by atoms with Gasteiger partial charge in [0.05, 0.1) is 12.0 Å². The molecule has 9 nitrogen and oxygen atoms in total. The van der Waals surface area contributed by atoms with Crippen LogP contribution in [0, 0.1) is 6.92 Å². The summed E-state index contributed by atoms with van der Waals surface area (Å²) in [5, 5.41) is 11.5. The maximum Gasteiger partial charge on any atom is 0.284 e. The van der Waals surface area contributed by atoms with Crippen LogP contribution in [-0.4, -0.2) is 25.1 Å². The summed E-state index contributed by atoms with van der Waals surface area (Å²) in [5.74, 6) is 2.26. The monoisotopic (exact) mass is 381 g/mol. The van der Waals surface area contributed by atoms with Gasteiger partial charge in [0.25, 0.3) is 11.1 Å². The lowest BCUT2D eigenvalue weighted by Gasteiger charge is -2.09. The summed E-state index contributed by atoms with van der Waals surface area (Å²) in [4.78, 5) is 12.7. The fourth-order valence-electron chi connectivity index (χ4n) is 2.29. The first-order chi connectivity index (χ1) is 13.2. The summed E-state index contributed by atoms with van der Waals surface area (Å²) in [5.41, 5.74) is 7.79. The average Bonchev–Trinajstić information content (AvgIpc) is 3.33. The largest absolute Gasteiger partial charge is 0.459 e. The smallest absolute Gasteiger partial charge is 0.284 e. The van der Waals surface area contributed by atoms with Gasteiger partial charge < -0.3 is 19.9 Å². The van der Waals surface area contributed by atoms with Crippen LogP contribution in [0.1, 0.15) is 11.4 Å². The number of nitrogens with two attached hydrogens (primary N) is 1. The number of para-hydroxylation sites is 1. The topological polar surface area (TPSA) is 129 Å². The molecule has 0 saturated heterocycles. The summed E-state index contributed by atoms with van der Waals surface area (Å²) in [6.45, 7) is 2.00. The Morgan fingerprint density at radius 2 is 1.96 bits per heavy atom. The van der Waals surface area contributed by atoms with E-state index in [1.807, 2.05) is 31.2 Å². The number of aromatic nitrogens is 5. The predicted octanol–water partition coefficient (Wildman–Crippen LogP) is 3.44. The second kappa shape index (κ2) is 7.46. The van der Waals surface area contributed by atoms with Crippen LogP contribution in [0.5, 0.6) is 0 Å². The highest BCUT2D eigenvalue weighted by atomic mass is 32.2. The van der Waals surface area contributed by atoms with Crippen LogP contribution in [0.25, 0.3) is 11.7 Å². The molecule has 4 rings (SSSR count). The van der Waals surface area contributed by atoms with Crippen molar-refractivity contribution in [1.29, 1.82) is 0 Å². The van der Waals surface area contributed by atoms with E-state index in [2.05, 4.69) is 30.5 Å². The first-order valence-electron chi connectivity index (χ1n) is 8.00. The lowest BCUT2D eigenvalue weighted by molar-refractivity contribution is 0.447. The van der Waals surface area contributed by atoms with Crippen molar-refractivity contribution < 1.29 is 8.83 Å². The Balaban J connectivity index is 1.46. The lowest BCUT2D eigenvalue weighted by Crippen LogP contribution is -2.07. The quantitative estimate of drug-likeness (QED) is 0.479. The number of hydrogen-bond donors (Lipinski definition) is 2. The lowest BCUT2D eigenvalue weighted by atomic mass is 10.2. The van der Waals surface area contributed by atoms with Gasteiger partial charge >= 0.3 is 0 Å². The molecule has 27 heavy (non-hydrogen) atoms. The molecule has 3 heterocycles. The fourth-order valence-corrected chi connectivity index (χ4v) is 2.90. The molecule has 0 saturated carbocycles. The Kier molecular flexibility index (Phi) is 4.71. The maximum atomic E-state index is 5.81.